The molecule has 16 heavy (non-hydrogen) atoms. The van der Waals surface area contributed by atoms with Gasteiger partial charge in [0.1, 0.15) is 6.61 Å². The van der Waals surface area contributed by atoms with Gasteiger partial charge in [-0.2, -0.15) is 0 Å². The van der Waals surface area contributed by atoms with Gasteiger partial charge in [0.2, 0.25) is 0 Å². The fourth-order valence-electron chi connectivity index (χ4n) is 1.74. The van der Waals surface area contributed by atoms with E-state index in [-0.39, 0.29) is 5.97 Å². The van der Waals surface area contributed by atoms with Gasteiger partial charge >= 0.3 is 5.97 Å². The molecule has 0 amide bonds. The Morgan fingerprint density at radius 3 is 3.00 bits per heavy atom. The SMILES string of the molecule is O=C1OCc2cc(-c3cnccn3)ccc21. The van der Waals surface area contributed by atoms with Crippen LogP contribution in [0, 0.1) is 0 Å². The van der Waals surface area contributed by atoms with Crippen LogP contribution in [0.15, 0.2) is 36.8 Å². The molecule has 2 heterocycles. The Bertz CT molecular complexity index is 552. The molecular formula is C12H8N2O2. The summed E-state index contributed by atoms with van der Waals surface area (Å²) in [4.78, 5) is 19.5. The molecule has 0 saturated heterocycles. The van der Waals surface area contributed by atoms with Crippen LogP contribution in [0.5, 0.6) is 0 Å². The van der Waals surface area contributed by atoms with Crippen molar-refractivity contribution >= 4 is 5.97 Å². The summed E-state index contributed by atoms with van der Waals surface area (Å²) in [6.07, 6.45) is 4.97. The Morgan fingerprint density at radius 2 is 2.19 bits per heavy atom. The molecule has 0 spiro atoms. The van der Waals surface area contributed by atoms with Gasteiger partial charge in [-0.15, -0.1) is 0 Å². The standard InChI is InChI=1S/C12H8N2O2/c15-12-10-2-1-8(5-9(10)7-16-12)11-6-13-3-4-14-11/h1-6H,7H2. The Labute approximate surface area is 91.9 Å². The summed E-state index contributed by atoms with van der Waals surface area (Å²) < 4.78 is 4.94. The van der Waals surface area contributed by atoms with E-state index in [1.807, 2.05) is 12.1 Å². The Hall–Kier alpha value is -2.23. The van der Waals surface area contributed by atoms with Gasteiger partial charge < -0.3 is 4.74 Å². The molecule has 0 atom stereocenters. The number of esters is 1. The van der Waals surface area contributed by atoms with Crippen molar-refractivity contribution in [2.45, 2.75) is 6.61 Å². The van der Waals surface area contributed by atoms with E-state index in [1.54, 1.807) is 24.7 Å². The molecule has 0 unspecified atom stereocenters. The molecule has 3 rings (SSSR count). The maximum atomic E-state index is 11.3. The first-order valence-corrected chi connectivity index (χ1v) is 4.91. The lowest BCUT2D eigenvalue weighted by Gasteiger charge is -2.01. The molecule has 4 heteroatoms. The first-order chi connectivity index (χ1) is 7.84. The number of ether oxygens (including phenoxy) is 1. The van der Waals surface area contributed by atoms with Crippen molar-refractivity contribution in [2.75, 3.05) is 0 Å². The summed E-state index contributed by atoms with van der Waals surface area (Å²) in [5, 5.41) is 0. The third-order valence-electron chi connectivity index (χ3n) is 2.54. The summed E-state index contributed by atoms with van der Waals surface area (Å²) in [5.74, 6) is -0.249. The average molecular weight is 212 g/mol. The van der Waals surface area contributed by atoms with E-state index >= 15 is 0 Å². The van der Waals surface area contributed by atoms with Crippen molar-refractivity contribution in [3.8, 4) is 11.3 Å². The van der Waals surface area contributed by atoms with Gasteiger partial charge in [-0.1, -0.05) is 6.07 Å². The number of nitrogens with zero attached hydrogens (tertiary/aromatic N) is 2. The highest BCUT2D eigenvalue weighted by Crippen LogP contribution is 2.25. The number of fused-ring (bicyclic) bond motifs is 1. The van der Waals surface area contributed by atoms with Gasteiger partial charge in [0.15, 0.2) is 0 Å². The van der Waals surface area contributed by atoms with Crippen LogP contribution in [0.3, 0.4) is 0 Å². The molecule has 0 fully saturated rings. The van der Waals surface area contributed by atoms with Crippen LogP contribution >= 0.6 is 0 Å². The van der Waals surface area contributed by atoms with Crippen molar-refractivity contribution in [3.63, 3.8) is 0 Å². The minimum Gasteiger partial charge on any atom is -0.457 e. The number of benzene rings is 1. The summed E-state index contributed by atoms with van der Waals surface area (Å²) in [5.41, 5.74) is 3.30. The second kappa shape index (κ2) is 3.41. The van der Waals surface area contributed by atoms with Crippen molar-refractivity contribution in [1.82, 2.24) is 9.97 Å². The maximum Gasteiger partial charge on any atom is 0.338 e. The zero-order valence-corrected chi connectivity index (χ0v) is 8.38. The Morgan fingerprint density at radius 1 is 1.25 bits per heavy atom. The Balaban J connectivity index is 2.09. The Kier molecular flexibility index (Phi) is 1.93. The van der Waals surface area contributed by atoms with Crippen molar-refractivity contribution in [1.29, 1.82) is 0 Å². The predicted molar refractivity (Wildman–Crippen MR) is 56.6 cm³/mol. The van der Waals surface area contributed by atoms with E-state index in [0.29, 0.717) is 12.2 Å². The van der Waals surface area contributed by atoms with Crippen molar-refractivity contribution in [2.24, 2.45) is 0 Å². The number of rotatable bonds is 1. The monoisotopic (exact) mass is 212 g/mol. The zero-order chi connectivity index (χ0) is 11.0. The van der Waals surface area contributed by atoms with E-state index in [2.05, 4.69) is 9.97 Å². The van der Waals surface area contributed by atoms with Gasteiger partial charge in [-0.3, -0.25) is 9.97 Å². The average Bonchev–Trinajstić information content (AvgIpc) is 2.72. The molecule has 1 aromatic carbocycles. The third kappa shape index (κ3) is 1.35. The van der Waals surface area contributed by atoms with E-state index < -0.39 is 0 Å². The fraction of sp³-hybridized carbons (Fsp3) is 0.0833. The van der Waals surface area contributed by atoms with Gasteiger partial charge in [-0.05, 0) is 12.1 Å². The van der Waals surface area contributed by atoms with E-state index in [9.17, 15) is 4.79 Å². The van der Waals surface area contributed by atoms with Crippen molar-refractivity contribution in [3.05, 3.63) is 47.9 Å². The van der Waals surface area contributed by atoms with Crippen LogP contribution in [-0.4, -0.2) is 15.9 Å². The molecule has 2 aromatic rings. The first-order valence-electron chi connectivity index (χ1n) is 4.91. The number of carbonyl (C=O) groups excluding carboxylic acids is 1. The van der Waals surface area contributed by atoms with E-state index in [0.717, 1.165) is 16.8 Å². The number of carbonyl (C=O) groups is 1. The number of hydrogen-bond acceptors (Lipinski definition) is 4. The van der Waals surface area contributed by atoms with Crippen LogP contribution in [0.4, 0.5) is 0 Å². The van der Waals surface area contributed by atoms with Gasteiger partial charge in [0.25, 0.3) is 0 Å². The normalized spacial score (nSPS) is 13.4. The topological polar surface area (TPSA) is 52.1 Å². The summed E-state index contributed by atoms with van der Waals surface area (Å²) in [6.45, 7) is 0.349. The minimum atomic E-state index is -0.249. The number of hydrogen-bond donors (Lipinski definition) is 0. The van der Waals surface area contributed by atoms with Crippen LogP contribution in [0.1, 0.15) is 15.9 Å². The lowest BCUT2D eigenvalue weighted by atomic mass is 10.0. The highest BCUT2D eigenvalue weighted by Gasteiger charge is 2.21. The van der Waals surface area contributed by atoms with Gasteiger partial charge in [0.05, 0.1) is 17.5 Å². The predicted octanol–water partition coefficient (Wildman–Crippen LogP) is 1.81. The molecule has 0 N–H and O–H groups in total. The highest BCUT2D eigenvalue weighted by atomic mass is 16.5. The molecule has 0 bridgehead atoms. The molecular weight excluding hydrogens is 204 g/mol. The molecule has 0 saturated carbocycles. The summed E-state index contributed by atoms with van der Waals surface area (Å²) >= 11 is 0. The van der Waals surface area contributed by atoms with Crippen LogP contribution in [0.25, 0.3) is 11.3 Å². The van der Waals surface area contributed by atoms with Crippen molar-refractivity contribution < 1.29 is 9.53 Å². The maximum absolute atomic E-state index is 11.3. The third-order valence-corrected chi connectivity index (χ3v) is 2.54. The fourth-order valence-corrected chi connectivity index (χ4v) is 1.74. The zero-order valence-electron chi connectivity index (χ0n) is 8.38. The molecule has 0 aliphatic carbocycles. The first kappa shape index (κ1) is 9.03. The number of aromatic nitrogens is 2. The molecule has 1 aliphatic heterocycles. The second-order valence-corrected chi connectivity index (χ2v) is 3.54. The summed E-state index contributed by atoms with van der Waals surface area (Å²) in [6, 6.07) is 5.55. The largest absolute Gasteiger partial charge is 0.457 e. The second-order valence-electron chi connectivity index (χ2n) is 3.54. The molecule has 0 radical (unpaired) electrons. The highest BCUT2D eigenvalue weighted by molar-refractivity contribution is 5.94. The van der Waals surface area contributed by atoms with E-state index in [1.165, 1.54) is 0 Å². The van der Waals surface area contributed by atoms with Gasteiger partial charge in [-0.25, -0.2) is 4.79 Å². The summed E-state index contributed by atoms with van der Waals surface area (Å²) in [7, 11) is 0. The molecule has 78 valence electrons. The van der Waals surface area contributed by atoms with E-state index in [4.69, 9.17) is 4.74 Å². The number of cyclic esters (lactones) is 1. The lowest BCUT2D eigenvalue weighted by Crippen LogP contribution is -1.93. The van der Waals surface area contributed by atoms with Crippen LogP contribution in [-0.2, 0) is 11.3 Å². The van der Waals surface area contributed by atoms with Crippen LogP contribution in [0.2, 0.25) is 0 Å². The smallest absolute Gasteiger partial charge is 0.338 e. The van der Waals surface area contributed by atoms with Crippen LogP contribution < -0.4 is 0 Å². The lowest BCUT2D eigenvalue weighted by molar-refractivity contribution is 0.0535. The molecule has 4 nitrogen and oxygen atoms in total. The quantitative estimate of drug-likeness (QED) is 0.676. The molecule has 1 aromatic heterocycles. The molecule has 1 aliphatic rings. The van der Waals surface area contributed by atoms with Gasteiger partial charge in [0, 0.05) is 23.5 Å². The minimum absolute atomic E-state index is 0.249.